The molecule has 16 heteroatoms. The van der Waals surface area contributed by atoms with E-state index in [-0.39, 0.29) is 0 Å². The molecule has 0 saturated heterocycles. The lowest BCUT2D eigenvalue weighted by molar-refractivity contribution is -0.416. The van der Waals surface area contributed by atoms with E-state index in [1.165, 1.54) is 18.2 Å². The number of rotatable bonds is 9. The summed E-state index contributed by atoms with van der Waals surface area (Å²) in [5.41, 5.74) is 1.76. The van der Waals surface area contributed by atoms with Gasteiger partial charge in [-0.05, 0) is 102 Å². The summed E-state index contributed by atoms with van der Waals surface area (Å²) < 4.78 is 104. The van der Waals surface area contributed by atoms with Crippen molar-refractivity contribution in [1.29, 1.82) is 0 Å². The number of benzene rings is 2. The Morgan fingerprint density at radius 3 is 2.09 bits per heavy atom. The predicted octanol–water partition coefficient (Wildman–Crippen LogP) is 5.21. The van der Waals surface area contributed by atoms with Gasteiger partial charge in [-0.1, -0.05) is 30.4 Å². The molecule has 4 rings (SSSR count). The predicted molar refractivity (Wildman–Crippen MR) is 190 cm³/mol. The van der Waals surface area contributed by atoms with Gasteiger partial charge in [0.2, 0.25) is 5.69 Å². The van der Waals surface area contributed by atoms with Gasteiger partial charge >= 0.3 is 10.1 Å². The first-order chi connectivity index (χ1) is 20.6. The summed E-state index contributed by atoms with van der Waals surface area (Å²) in [6.45, 7) is 5.53. The molecule has 0 fully saturated rings. The van der Waals surface area contributed by atoms with Gasteiger partial charge in [-0.15, -0.1) is 0 Å². The van der Waals surface area contributed by atoms with Gasteiger partial charge in [0.05, 0.1) is 27.0 Å². The van der Waals surface area contributed by atoms with Crippen LogP contribution in [0.4, 0.5) is 11.4 Å². The molecule has 0 bridgehead atoms. The van der Waals surface area contributed by atoms with Crippen LogP contribution in [0, 0.1) is 7.14 Å². The minimum absolute atomic E-state index is 0.312. The van der Waals surface area contributed by atoms with Crippen LogP contribution in [0.5, 0.6) is 0 Å². The fourth-order valence-electron chi connectivity index (χ4n) is 5.93. The molecule has 45 heavy (non-hydrogen) atoms. The lowest BCUT2D eigenvalue weighted by atomic mass is 9.81. The lowest BCUT2D eigenvalue weighted by Crippen LogP contribution is -2.33. The number of halogens is 2. The van der Waals surface area contributed by atoms with Crippen LogP contribution in [0.25, 0.3) is 0 Å². The van der Waals surface area contributed by atoms with Crippen LogP contribution in [-0.4, -0.2) is 67.9 Å². The number of allylic oxidation sites excluding steroid dienone is 8. The number of hydrogen-bond acceptors (Lipinski definition) is 7. The summed E-state index contributed by atoms with van der Waals surface area (Å²) in [5, 5.41) is 0. The Morgan fingerprint density at radius 1 is 0.867 bits per heavy atom. The lowest BCUT2D eigenvalue weighted by Gasteiger charge is -2.27. The highest BCUT2D eigenvalue weighted by Gasteiger charge is 2.47. The maximum atomic E-state index is 12.0. The Morgan fingerprint density at radius 2 is 1.49 bits per heavy atom. The largest absolute Gasteiger partial charge is 0.347 e. The van der Waals surface area contributed by atoms with Crippen molar-refractivity contribution in [2.24, 2.45) is 0 Å². The third-order valence-corrected chi connectivity index (χ3v) is 11.6. The highest BCUT2D eigenvalue weighted by molar-refractivity contribution is 14.1. The number of anilines is 1. The van der Waals surface area contributed by atoms with Gasteiger partial charge in [-0.3, -0.25) is 13.7 Å². The molecule has 0 radical (unpaired) electrons. The van der Waals surface area contributed by atoms with E-state index in [1.54, 1.807) is 66.0 Å². The van der Waals surface area contributed by atoms with E-state index < -0.39 is 57.7 Å². The van der Waals surface area contributed by atoms with Gasteiger partial charge in [0.1, 0.15) is 0 Å². The second-order valence-electron chi connectivity index (χ2n) is 11.4. The third-order valence-electron chi connectivity index (χ3n) is 7.75. The minimum Gasteiger partial charge on any atom is -0.347 e. The maximum absolute atomic E-state index is 12.0. The molecule has 242 valence electrons. The fourth-order valence-corrected chi connectivity index (χ4v) is 10.6. The fraction of sp³-hybridized carbons (Fsp3) is 0.276. The van der Waals surface area contributed by atoms with Gasteiger partial charge in [0, 0.05) is 37.7 Å². The monoisotopic (exact) mass is 901 g/mol. The van der Waals surface area contributed by atoms with Gasteiger partial charge in [0.25, 0.3) is 26.1 Å². The summed E-state index contributed by atoms with van der Waals surface area (Å²) in [4.78, 5) is 1.29. The molecule has 1 unspecified atom stereocenters. The van der Waals surface area contributed by atoms with Gasteiger partial charge in [-0.2, -0.15) is 29.8 Å². The molecule has 0 saturated carbocycles. The normalized spacial score (nSPS) is 21.2. The summed E-state index contributed by atoms with van der Waals surface area (Å²) in [7, 11) is -11.7. The van der Waals surface area contributed by atoms with Crippen molar-refractivity contribution in [1.82, 2.24) is 0 Å². The number of nitrogens with zero attached hydrogens (tertiary/aromatic N) is 2. The van der Waals surface area contributed by atoms with Gasteiger partial charge in [0.15, 0.2) is 5.71 Å². The van der Waals surface area contributed by atoms with E-state index in [4.69, 9.17) is 0 Å². The SMILES string of the molecule is CN1\C(=C/C=C/C=C/C=C/C2=[N+](CS(=O)(=O)O)c3cc(I)cc(I)c3C2(C)C)C(C)(CS(=O)(=O)O)c2cc(S(=O)(=O)O)ccc21. The standard InChI is InChI=1S/C29H30I2N2O9S3/c1-28(2)25(33(18-44(37,38)39)24-15-19(30)14-22(31)27(24)28)10-8-6-5-7-9-11-26-29(3,17-43(34,35)36)21-16-20(45(40,41)42)12-13-23(21)32(26)4/h5-16H,17-18H2,1-4H3,(H2-,34,35,36,37,38,39,40,41,42)/p+1. The molecule has 2 aromatic rings. The highest BCUT2D eigenvalue weighted by Crippen LogP contribution is 2.49. The summed E-state index contributed by atoms with van der Waals surface area (Å²) in [5.74, 6) is -1.32. The summed E-state index contributed by atoms with van der Waals surface area (Å²) >= 11 is 4.40. The molecule has 2 aliphatic heterocycles. The van der Waals surface area contributed by atoms with E-state index in [1.807, 2.05) is 26.0 Å². The second kappa shape index (κ2) is 12.6. The molecule has 0 amide bonds. The van der Waals surface area contributed by atoms with Crippen LogP contribution in [0.3, 0.4) is 0 Å². The van der Waals surface area contributed by atoms with Crippen LogP contribution in [0.1, 0.15) is 31.9 Å². The Labute approximate surface area is 290 Å². The Balaban J connectivity index is 1.65. The number of hydrogen-bond donors (Lipinski definition) is 3. The molecule has 2 aromatic carbocycles. The topological polar surface area (TPSA) is 169 Å². The number of fused-ring (bicyclic) bond motifs is 2. The average molecular weight is 902 g/mol. The van der Waals surface area contributed by atoms with E-state index in [9.17, 15) is 38.9 Å². The van der Waals surface area contributed by atoms with Crippen molar-refractivity contribution < 1.29 is 43.5 Å². The van der Waals surface area contributed by atoms with Crippen molar-refractivity contribution in [2.45, 2.75) is 36.5 Å². The molecule has 3 N–H and O–H groups in total. The Kier molecular flexibility index (Phi) is 10.0. The van der Waals surface area contributed by atoms with E-state index in [2.05, 4.69) is 45.2 Å². The highest BCUT2D eigenvalue weighted by atomic mass is 127. The molecule has 11 nitrogen and oxygen atoms in total. The van der Waals surface area contributed by atoms with E-state index in [0.717, 1.165) is 12.7 Å². The first kappa shape index (κ1) is 35.9. The molecule has 1 atom stereocenters. The van der Waals surface area contributed by atoms with Crippen molar-refractivity contribution in [3.63, 3.8) is 0 Å². The van der Waals surface area contributed by atoms with Crippen molar-refractivity contribution >= 4 is 92.6 Å². The zero-order chi connectivity index (χ0) is 33.8. The molecule has 0 aromatic heterocycles. The Hall–Kier alpha value is -1.94. The van der Waals surface area contributed by atoms with E-state index in [0.29, 0.717) is 28.3 Å². The van der Waals surface area contributed by atoms with Gasteiger partial charge in [-0.25, -0.2) is 0 Å². The first-order valence-electron chi connectivity index (χ1n) is 13.2. The summed E-state index contributed by atoms with van der Waals surface area (Å²) in [6.07, 6.45) is 12.0. The quantitative estimate of drug-likeness (QED) is 0.132. The van der Waals surface area contributed by atoms with Crippen LogP contribution in [0.2, 0.25) is 0 Å². The molecular weight excluding hydrogens is 870 g/mol. The molecular formula is C29H31I2N2O9S3+. The summed E-state index contributed by atoms with van der Waals surface area (Å²) in [6, 6.07) is 7.77. The van der Waals surface area contributed by atoms with Crippen LogP contribution < -0.4 is 4.90 Å². The zero-order valence-corrected chi connectivity index (χ0v) is 31.3. The van der Waals surface area contributed by atoms with Crippen molar-refractivity contribution in [3.8, 4) is 0 Å². The maximum Gasteiger partial charge on any atom is 0.326 e. The van der Waals surface area contributed by atoms with E-state index >= 15 is 0 Å². The van der Waals surface area contributed by atoms with Gasteiger partial charge < -0.3 is 4.90 Å². The number of likely N-dealkylation sites (N-methyl/N-ethyl adjacent to an activating group) is 1. The zero-order valence-electron chi connectivity index (χ0n) is 24.5. The molecule has 2 aliphatic rings. The average Bonchev–Trinajstić information content (AvgIpc) is 3.19. The smallest absolute Gasteiger partial charge is 0.326 e. The second-order valence-corrected chi connectivity index (χ2v) is 18.1. The van der Waals surface area contributed by atoms with Crippen molar-refractivity contribution in [2.75, 3.05) is 23.6 Å². The van der Waals surface area contributed by atoms with Crippen LogP contribution >= 0.6 is 45.2 Å². The van der Waals surface area contributed by atoms with Crippen LogP contribution in [-0.2, 0) is 41.2 Å². The third kappa shape index (κ3) is 7.63. The minimum atomic E-state index is -4.56. The van der Waals surface area contributed by atoms with Crippen molar-refractivity contribution in [3.05, 3.63) is 96.8 Å². The Bertz CT molecular complexity index is 2070. The first-order valence-corrected chi connectivity index (χ1v) is 20.0. The molecule has 0 aliphatic carbocycles. The van der Waals surface area contributed by atoms with Crippen LogP contribution in [0.15, 0.2) is 83.5 Å². The molecule has 2 heterocycles. The molecule has 0 spiro atoms.